The molecule has 0 atom stereocenters. The fourth-order valence-corrected chi connectivity index (χ4v) is 1.56. The Morgan fingerprint density at radius 3 is 2.87 bits per heavy atom. The normalized spacial score (nSPS) is 12.1. The lowest BCUT2D eigenvalue weighted by Gasteiger charge is -2.00. The van der Waals surface area contributed by atoms with Gasteiger partial charge in [-0.1, -0.05) is 6.07 Å². The van der Waals surface area contributed by atoms with Crippen LogP contribution >= 0.6 is 0 Å². The van der Waals surface area contributed by atoms with E-state index in [1.165, 1.54) is 0 Å². The van der Waals surface area contributed by atoms with Crippen molar-refractivity contribution in [2.24, 2.45) is 5.14 Å². The smallest absolute Gasteiger partial charge is 0.333 e. The van der Waals surface area contributed by atoms with Gasteiger partial charge in [-0.05, 0) is 23.8 Å². The van der Waals surface area contributed by atoms with Crippen molar-refractivity contribution in [1.82, 2.24) is 0 Å². The third-order valence-electron chi connectivity index (χ3n) is 1.91. The second-order valence-corrected chi connectivity index (χ2v) is 4.27. The van der Waals surface area contributed by atoms with Gasteiger partial charge >= 0.3 is 10.3 Å². The average molecular weight is 227 g/mol. The number of fused-ring (bicyclic) bond motifs is 1. The fraction of sp³-hybridized carbons (Fsp3) is 0.111. The van der Waals surface area contributed by atoms with Gasteiger partial charge in [0.25, 0.3) is 0 Å². The highest BCUT2D eigenvalue weighted by atomic mass is 32.2. The maximum absolute atomic E-state index is 10.6. The maximum atomic E-state index is 10.6. The zero-order valence-corrected chi connectivity index (χ0v) is 8.53. The minimum Gasteiger partial charge on any atom is -0.464 e. The summed E-state index contributed by atoms with van der Waals surface area (Å²) < 4.78 is 30.7. The van der Waals surface area contributed by atoms with Gasteiger partial charge in [-0.2, -0.15) is 8.42 Å². The minimum absolute atomic E-state index is 0.0695. The monoisotopic (exact) mass is 227 g/mol. The van der Waals surface area contributed by atoms with Gasteiger partial charge < -0.3 is 4.42 Å². The Morgan fingerprint density at radius 1 is 1.33 bits per heavy atom. The molecule has 15 heavy (non-hydrogen) atoms. The topological polar surface area (TPSA) is 82.5 Å². The SMILES string of the molecule is NS(=O)(=O)OCc1ccc2occc2c1. The largest absolute Gasteiger partial charge is 0.464 e. The molecule has 2 N–H and O–H groups in total. The number of hydrogen-bond donors (Lipinski definition) is 1. The van der Waals surface area contributed by atoms with E-state index in [9.17, 15) is 8.42 Å². The molecule has 0 spiro atoms. The van der Waals surface area contributed by atoms with Gasteiger partial charge in [0.05, 0.1) is 12.9 Å². The summed E-state index contributed by atoms with van der Waals surface area (Å²) in [6.07, 6.45) is 1.56. The van der Waals surface area contributed by atoms with E-state index in [0.29, 0.717) is 0 Å². The summed E-state index contributed by atoms with van der Waals surface area (Å²) in [5.74, 6) is 0. The number of rotatable bonds is 3. The average Bonchev–Trinajstić information content (AvgIpc) is 2.60. The van der Waals surface area contributed by atoms with E-state index in [1.807, 2.05) is 0 Å². The molecule has 0 saturated carbocycles. The molecule has 2 aromatic rings. The van der Waals surface area contributed by atoms with Crippen LogP contribution in [0.4, 0.5) is 0 Å². The number of benzene rings is 1. The van der Waals surface area contributed by atoms with Gasteiger partial charge in [-0.3, -0.25) is 4.18 Å². The Hall–Kier alpha value is -1.37. The van der Waals surface area contributed by atoms with Gasteiger partial charge in [0.1, 0.15) is 5.58 Å². The van der Waals surface area contributed by atoms with Crippen LogP contribution in [0.1, 0.15) is 5.56 Å². The molecule has 0 amide bonds. The van der Waals surface area contributed by atoms with E-state index in [2.05, 4.69) is 4.18 Å². The quantitative estimate of drug-likeness (QED) is 0.852. The molecule has 2 rings (SSSR count). The van der Waals surface area contributed by atoms with Crippen molar-refractivity contribution in [2.75, 3.05) is 0 Å². The second-order valence-electron chi connectivity index (χ2n) is 3.05. The molecule has 0 radical (unpaired) electrons. The van der Waals surface area contributed by atoms with Crippen LogP contribution in [-0.4, -0.2) is 8.42 Å². The van der Waals surface area contributed by atoms with Gasteiger partial charge in [-0.25, -0.2) is 5.14 Å². The minimum atomic E-state index is -3.89. The standard InChI is InChI=1S/C9H9NO4S/c10-15(11,12)14-6-7-1-2-9-8(5-7)3-4-13-9/h1-5H,6H2,(H2,10,11,12). The maximum Gasteiger partial charge on any atom is 0.333 e. The Balaban J connectivity index is 2.21. The highest BCUT2D eigenvalue weighted by Gasteiger charge is 2.04. The number of furan rings is 1. The molecular weight excluding hydrogens is 218 g/mol. The summed E-state index contributed by atoms with van der Waals surface area (Å²) >= 11 is 0. The van der Waals surface area contributed by atoms with Crippen LogP contribution in [0.25, 0.3) is 11.0 Å². The van der Waals surface area contributed by atoms with Crippen LogP contribution in [0.2, 0.25) is 0 Å². The van der Waals surface area contributed by atoms with Gasteiger partial charge in [0.15, 0.2) is 0 Å². The Morgan fingerprint density at radius 2 is 2.13 bits per heavy atom. The first kappa shape index (κ1) is 10.2. The highest BCUT2D eigenvalue weighted by molar-refractivity contribution is 7.84. The Labute approximate surface area is 86.7 Å². The fourth-order valence-electron chi connectivity index (χ4n) is 1.26. The second kappa shape index (κ2) is 3.65. The summed E-state index contributed by atoms with van der Waals surface area (Å²) in [4.78, 5) is 0. The third-order valence-corrected chi connectivity index (χ3v) is 2.35. The van der Waals surface area contributed by atoms with Crippen molar-refractivity contribution in [2.45, 2.75) is 6.61 Å². The molecule has 0 aliphatic rings. The van der Waals surface area contributed by atoms with Crippen LogP contribution in [0, 0.1) is 0 Å². The lowest BCUT2D eigenvalue weighted by molar-refractivity contribution is 0.309. The molecule has 1 aromatic heterocycles. The predicted molar refractivity (Wildman–Crippen MR) is 54.1 cm³/mol. The van der Waals surface area contributed by atoms with Crippen molar-refractivity contribution in [1.29, 1.82) is 0 Å². The molecule has 1 aromatic carbocycles. The van der Waals surface area contributed by atoms with E-state index < -0.39 is 10.3 Å². The van der Waals surface area contributed by atoms with E-state index in [4.69, 9.17) is 9.56 Å². The first-order valence-electron chi connectivity index (χ1n) is 4.18. The first-order chi connectivity index (χ1) is 7.04. The lowest BCUT2D eigenvalue weighted by atomic mass is 10.2. The summed E-state index contributed by atoms with van der Waals surface area (Å²) in [6.45, 7) is -0.0695. The summed E-state index contributed by atoms with van der Waals surface area (Å²) in [5.41, 5.74) is 1.47. The Bertz CT molecular complexity index is 573. The van der Waals surface area contributed by atoms with Crippen molar-refractivity contribution < 1.29 is 17.0 Å². The van der Waals surface area contributed by atoms with Gasteiger partial charge in [0, 0.05) is 5.39 Å². The summed E-state index contributed by atoms with van der Waals surface area (Å²) in [7, 11) is -3.89. The molecule has 0 bridgehead atoms. The number of nitrogens with two attached hydrogens (primary N) is 1. The summed E-state index contributed by atoms with van der Waals surface area (Å²) in [5, 5.41) is 5.60. The van der Waals surface area contributed by atoms with Crippen LogP contribution in [0.5, 0.6) is 0 Å². The zero-order valence-electron chi connectivity index (χ0n) is 7.71. The lowest BCUT2D eigenvalue weighted by Crippen LogP contribution is -2.15. The predicted octanol–water partition coefficient (Wildman–Crippen LogP) is 1.15. The molecule has 0 unspecified atom stereocenters. The van der Waals surface area contributed by atoms with E-state index in [1.54, 1.807) is 30.5 Å². The summed E-state index contributed by atoms with van der Waals surface area (Å²) in [6, 6.07) is 7.04. The highest BCUT2D eigenvalue weighted by Crippen LogP contribution is 2.17. The van der Waals surface area contributed by atoms with Crippen LogP contribution in [0.3, 0.4) is 0 Å². The molecule has 0 saturated heterocycles. The molecule has 1 heterocycles. The zero-order chi connectivity index (χ0) is 10.9. The molecule has 6 heteroatoms. The van der Waals surface area contributed by atoms with E-state index in [-0.39, 0.29) is 6.61 Å². The molecule has 0 fully saturated rings. The molecule has 0 aliphatic carbocycles. The molecule has 80 valence electrons. The van der Waals surface area contributed by atoms with Gasteiger partial charge in [0.2, 0.25) is 0 Å². The van der Waals surface area contributed by atoms with Crippen LogP contribution in [-0.2, 0) is 21.1 Å². The van der Waals surface area contributed by atoms with Crippen molar-refractivity contribution in [3.63, 3.8) is 0 Å². The molecular formula is C9H9NO4S. The van der Waals surface area contributed by atoms with Crippen molar-refractivity contribution >= 4 is 21.3 Å². The van der Waals surface area contributed by atoms with E-state index in [0.717, 1.165) is 16.5 Å². The van der Waals surface area contributed by atoms with Gasteiger partial charge in [-0.15, -0.1) is 0 Å². The van der Waals surface area contributed by atoms with Crippen molar-refractivity contribution in [3.8, 4) is 0 Å². The van der Waals surface area contributed by atoms with Crippen LogP contribution in [0.15, 0.2) is 34.9 Å². The number of hydrogen-bond acceptors (Lipinski definition) is 4. The third kappa shape index (κ3) is 2.56. The molecule has 5 nitrogen and oxygen atoms in total. The van der Waals surface area contributed by atoms with Crippen molar-refractivity contribution in [3.05, 3.63) is 36.1 Å². The van der Waals surface area contributed by atoms with E-state index >= 15 is 0 Å². The molecule has 0 aliphatic heterocycles. The Kier molecular flexibility index (Phi) is 2.47. The van der Waals surface area contributed by atoms with Crippen LogP contribution < -0.4 is 5.14 Å². The first-order valence-corrected chi connectivity index (χ1v) is 5.65.